The standard InChI is InChI=1S/C15H17Br2NO3.C15H21Br2N.Al.Li.2H/c1-9-2-4-10(5-3-9)6-14(19)12-7-11(16)8-13(17)15(12)18(20)21;1-10-2-4-11(5-3-10)6-7-12-8-13(16)9-14(17)15(12)18;;;;/h7-10H,2-6H2,1H3;8-11H,2-7,18H2,1H3;;;;. The molecule has 5 nitrogen and oxygen atoms in total. The molecule has 2 aromatic carbocycles. The van der Waals surface area contributed by atoms with Gasteiger partial charge in [-0.1, -0.05) is 84.2 Å². The number of nitro benzene ring substituents is 1. The van der Waals surface area contributed by atoms with Crippen LogP contribution in [0.2, 0.25) is 0 Å². The minimum atomic E-state index is -0.493. The molecule has 220 valence electrons. The summed E-state index contributed by atoms with van der Waals surface area (Å²) < 4.78 is 3.11. The minimum Gasteiger partial charge on any atom is -0.398 e. The van der Waals surface area contributed by atoms with Gasteiger partial charge in [-0.2, -0.15) is 0 Å². The molecule has 0 aliphatic heterocycles. The second-order valence-electron chi connectivity index (χ2n) is 11.4. The Morgan fingerprint density at radius 1 is 0.854 bits per heavy atom. The molecule has 0 saturated heterocycles. The van der Waals surface area contributed by atoms with Crippen LogP contribution in [0, 0.1) is 33.8 Å². The first-order valence-corrected chi connectivity index (χ1v) is 17.0. The van der Waals surface area contributed by atoms with Gasteiger partial charge in [0.05, 0.1) is 15.0 Å². The van der Waals surface area contributed by atoms with Crippen LogP contribution in [0.4, 0.5) is 11.4 Å². The van der Waals surface area contributed by atoms with Gasteiger partial charge in [0.1, 0.15) is 17.4 Å². The summed E-state index contributed by atoms with van der Waals surface area (Å²) in [7, 11) is 0. The van der Waals surface area contributed by atoms with E-state index in [1.54, 1.807) is 12.1 Å². The number of anilines is 1. The smallest absolute Gasteiger partial charge is 0.294 e. The van der Waals surface area contributed by atoms with Crippen molar-refractivity contribution in [3.05, 3.63) is 63.4 Å². The molecule has 0 atom stereocenters. The SMILES string of the molecule is CC1CCC(CC(=O)c2cc(Br)cc(Br)c2[N+](=O)[O-])CC1.CC1CCC(CCc2cc(Br)cc(Br)c2N)CC1.[AlH2].[Li]. The van der Waals surface area contributed by atoms with Gasteiger partial charge >= 0.3 is 0 Å². The Hall–Kier alpha value is 0.360. The number of nitrogens with zero attached hydrogens (tertiary/aromatic N) is 1. The number of carbonyl (C=O) groups is 1. The van der Waals surface area contributed by atoms with Crippen molar-refractivity contribution in [2.75, 3.05) is 5.73 Å². The van der Waals surface area contributed by atoms with Gasteiger partial charge < -0.3 is 5.73 Å². The van der Waals surface area contributed by atoms with Crippen LogP contribution in [0.5, 0.6) is 0 Å². The molecule has 2 fully saturated rings. The molecule has 2 aromatic rings. The molecule has 0 heterocycles. The molecule has 0 amide bonds. The third-order valence-corrected chi connectivity index (χ3v) is 10.4. The maximum atomic E-state index is 12.5. The molecule has 41 heavy (non-hydrogen) atoms. The van der Waals surface area contributed by atoms with E-state index in [0.29, 0.717) is 21.3 Å². The second kappa shape index (κ2) is 19.0. The summed E-state index contributed by atoms with van der Waals surface area (Å²) >= 11 is 13.5. The molecule has 0 bridgehead atoms. The number of benzene rings is 2. The van der Waals surface area contributed by atoms with Crippen LogP contribution in [-0.4, -0.2) is 46.9 Å². The predicted octanol–water partition coefficient (Wildman–Crippen LogP) is 9.77. The summed E-state index contributed by atoms with van der Waals surface area (Å²) in [5.41, 5.74) is 8.36. The van der Waals surface area contributed by atoms with Crippen molar-refractivity contribution >= 4 is 117 Å². The number of aryl methyl sites for hydroxylation is 1. The van der Waals surface area contributed by atoms with Crippen molar-refractivity contribution in [2.24, 2.45) is 23.7 Å². The zero-order valence-electron chi connectivity index (χ0n) is 24.7. The number of hydrogen-bond donors (Lipinski definition) is 1. The molecule has 4 rings (SSSR count). The number of rotatable bonds is 7. The molecular weight excluding hydrogens is 790 g/mol. The number of hydrogen-bond acceptors (Lipinski definition) is 4. The van der Waals surface area contributed by atoms with Gasteiger partial charge in [0, 0.05) is 44.4 Å². The van der Waals surface area contributed by atoms with Gasteiger partial charge in [0.15, 0.2) is 5.78 Å². The average molecular weight is 830 g/mol. The van der Waals surface area contributed by atoms with Crippen molar-refractivity contribution < 1.29 is 9.72 Å². The van der Waals surface area contributed by atoms with Crippen LogP contribution >= 0.6 is 63.7 Å². The fourth-order valence-electron chi connectivity index (χ4n) is 5.69. The van der Waals surface area contributed by atoms with E-state index in [4.69, 9.17) is 5.73 Å². The van der Waals surface area contributed by atoms with E-state index in [-0.39, 0.29) is 53.3 Å². The van der Waals surface area contributed by atoms with Crippen molar-refractivity contribution in [3.8, 4) is 0 Å². The second-order valence-corrected chi connectivity index (χ2v) is 15.0. The van der Waals surface area contributed by atoms with Crippen molar-refractivity contribution in [2.45, 2.75) is 84.5 Å². The van der Waals surface area contributed by atoms with Crippen molar-refractivity contribution in [1.29, 1.82) is 0 Å². The largest absolute Gasteiger partial charge is 0.398 e. The predicted molar refractivity (Wildman–Crippen MR) is 189 cm³/mol. The van der Waals surface area contributed by atoms with Gasteiger partial charge in [-0.05, 0) is 111 Å². The molecule has 0 spiro atoms. The third-order valence-electron chi connectivity index (χ3n) is 8.26. The van der Waals surface area contributed by atoms with E-state index in [1.165, 1.54) is 37.7 Å². The number of nitrogen functional groups attached to an aromatic ring is 1. The Labute approximate surface area is 301 Å². The monoisotopic (exact) mass is 826 g/mol. The average Bonchev–Trinajstić information content (AvgIpc) is 2.87. The fourth-order valence-corrected chi connectivity index (χ4v) is 8.38. The van der Waals surface area contributed by atoms with Crippen LogP contribution < -0.4 is 5.73 Å². The third kappa shape index (κ3) is 12.3. The Bertz CT molecular complexity index is 1170. The Kier molecular flexibility index (Phi) is 18.3. The number of halogens is 4. The molecule has 2 aliphatic rings. The number of Topliss-reactive ketones (excluding diaryl/α,β-unsaturated/α-hetero) is 1. The molecular formula is C30H40AlBr4LiN2O3. The summed E-state index contributed by atoms with van der Waals surface area (Å²) in [5, 5.41) is 11.2. The quantitative estimate of drug-likeness (QED) is 0.0991. The Morgan fingerprint density at radius 2 is 1.34 bits per heavy atom. The van der Waals surface area contributed by atoms with Gasteiger partial charge in [0.25, 0.3) is 5.69 Å². The molecule has 11 heteroatoms. The van der Waals surface area contributed by atoms with Crippen molar-refractivity contribution in [1.82, 2.24) is 0 Å². The first-order chi connectivity index (χ1) is 18.4. The number of ketones is 1. The van der Waals surface area contributed by atoms with Crippen LogP contribution in [0.25, 0.3) is 0 Å². The van der Waals surface area contributed by atoms with E-state index >= 15 is 0 Å². The molecule has 0 aromatic heterocycles. The minimum absolute atomic E-state index is 0. The van der Waals surface area contributed by atoms with E-state index in [2.05, 4.69) is 83.6 Å². The fraction of sp³-hybridized carbons (Fsp3) is 0.567. The molecule has 0 unspecified atom stereocenters. The van der Waals surface area contributed by atoms with Crippen LogP contribution in [0.15, 0.2) is 42.2 Å². The first-order valence-electron chi connectivity index (χ1n) is 13.8. The molecule has 2 saturated carbocycles. The zero-order chi connectivity index (χ0) is 28.7. The van der Waals surface area contributed by atoms with Crippen molar-refractivity contribution in [3.63, 3.8) is 0 Å². The number of nitro groups is 1. The summed E-state index contributed by atoms with van der Waals surface area (Å²) in [5.74, 6) is 2.78. The van der Waals surface area contributed by atoms with E-state index in [1.807, 2.05) is 6.07 Å². The van der Waals surface area contributed by atoms with E-state index < -0.39 is 4.92 Å². The van der Waals surface area contributed by atoms with E-state index in [9.17, 15) is 14.9 Å². The van der Waals surface area contributed by atoms with Crippen LogP contribution in [-0.2, 0) is 6.42 Å². The van der Waals surface area contributed by atoms with Gasteiger partial charge in [0.2, 0.25) is 0 Å². The number of carbonyl (C=O) groups excluding carboxylic acids is 1. The summed E-state index contributed by atoms with van der Waals surface area (Å²) in [4.78, 5) is 23.2. The Morgan fingerprint density at radius 3 is 1.88 bits per heavy atom. The summed E-state index contributed by atoms with van der Waals surface area (Å²) in [6.45, 7) is 4.61. The van der Waals surface area contributed by atoms with E-state index in [0.717, 1.165) is 64.5 Å². The molecule has 2 radical (unpaired) electrons. The van der Waals surface area contributed by atoms with Crippen LogP contribution in [0.1, 0.15) is 94.0 Å². The molecule has 2 N–H and O–H groups in total. The summed E-state index contributed by atoms with van der Waals surface area (Å²) in [6, 6.07) is 7.32. The van der Waals surface area contributed by atoms with Gasteiger partial charge in [-0.3, -0.25) is 14.9 Å². The number of nitrogens with two attached hydrogens (primary N) is 1. The summed E-state index contributed by atoms with van der Waals surface area (Å²) in [6.07, 6.45) is 12.7. The topological polar surface area (TPSA) is 86.2 Å². The maximum absolute atomic E-state index is 12.5. The Balaban J connectivity index is 0.000000395. The first kappa shape index (κ1) is 39.4. The zero-order valence-corrected chi connectivity index (χ0v) is 33.0. The van der Waals surface area contributed by atoms with Gasteiger partial charge in [-0.25, -0.2) is 0 Å². The van der Waals surface area contributed by atoms with Crippen LogP contribution in [0.3, 0.4) is 0 Å². The normalized spacial score (nSPS) is 21.9. The molecule has 2 aliphatic carbocycles. The van der Waals surface area contributed by atoms with Gasteiger partial charge in [-0.15, -0.1) is 0 Å². The maximum Gasteiger partial charge on any atom is 0.294 e.